The smallest absolute Gasteiger partial charge is 0.0704 e. The Morgan fingerprint density at radius 1 is 1.37 bits per heavy atom. The molecule has 1 nitrogen and oxygen atoms in total. The molecule has 4 unspecified atom stereocenters. The number of rotatable bonds is 3. The van der Waals surface area contributed by atoms with E-state index in [1.165, 1.54) is 42.3 Å². The average molecular weight is 342 g/mol. The molecule has 2 aliphatic carbocycles. The van der Waals surface area contributed by atoms with Crippen LogP contribution < -0.4 is 5.32 Å². The first kappa shape index (κ1) is 14.1. The zero-order valence-corrected chi connectivity index (χ0v) is 14.3. The minimum atomic E-state index is 0.606. The molecule has 3 heteroatoms. The molecule has 0 aliphatic heterocycles. The van der Waals surface area contributed by atoms with E-state index >= 15 is 0 Å². The van der Waals surface area contributed by atoms with E-state index in [2.05, 4.69) is 41.2 Å². The summed E-state index contributed by atoms with van der Waals surface area (Å²) in [6.07, 6.45) is 8.08. The molecule has 1 N–H and O–H groups in total. The Morgan fingerprint density at radius 3 is 2.95 bits per heavy atom. The zero-order chi connectivity index (χ0) is 13.4. The first-order valence-electron chi connectivity index (χ1n) is 7.73. The second-order valence-corrected chi connectivity index (χ2v) is 8.77. The molecule has 0 amide bonds. The molecule has 0 radical (unpaired) electrons. The molecule has 0 aromatic carbocycles. The SMILES string of the molecule is CCC1CCC(NC2CCCc3sc(Br)cc32)C1C. The molecular formula is C16H24BrNS. The molecule has 19 heavy (non-hydrogen) atoms. The van der Waals surface area contributed by atoms with Crippen molar-refractivity contribution in [2.75, 3.05) is 0 Å². The summed E-state index contributed by atoms with van der Waals surface area (Å²) in [7, 11) is 0. The number of thiophene rings is 1. The number of hydrogen-bond donors (Lipinski definition) is 1. The van der Waals surface area contributed by atoms with E-state index < -0.39 is 0 Å². The third-order valence-corrected chi connectivity index (χ3v) is 6.96. The van der Waals surface area contributed by atoms with Gasteiger partial charge in [-0.05, 0) is 71.5 Å². The molecule has 0 saturated heterocycles. The standard InChI is InChI=1S/C16H24BrNS/c1-3-11-7-8-13(10(11)2)18-14-5-4-6-15-12(14)9-16(17)19-15/h9-11,13-14,18H,3-8H2,1-2H3. The van der Waals surface area contributed by atoms with Gasteiger partial charge < -0.3 is 5.32 Å². The van der Waals surface area contributed by atoms with Crippen molar-refractivity contribution in [2.45, 2.75) is 64.5 Å². The summed E-state index contributed by atoms with van der Waals surface area (Å²) in [6, 6.07) is 3.70. The lowest BCUT2D eigenvalue weighted by molar-refractivity contribution is 0.309. The van der Waals surface area contributed by atoms with Gasteiger partial charge in [0.2, 0.25) is 0 Å². The quantitative estimate of drug-likeness (QED) is 0.786. The highest BCUT2D eigenvalue weighted by Crippen LogP contribution is 2.40. The lowest BCUT2D eigenvalue weighted by Gasteiger charge is -2.30. The van der Waals surface area contributed by atoms with E-state index in [1.54, 1.807) is 10.4 Å². The van der Waals surface area contributed by atoms with Crippen LogP contribution in [0.4, 0.5) is 0 Å². The molecule has 1 aromatic rings. The molecule has 1 fully saturated rings. The van der Waals surface area contributed by atoms with Crippen LogP contribution in [-0.4, -0.2) is 6.04 Å². The fraction of sp³-hybridized carbons (Fsp3) is 0.750. The Bertz CT molecular complexity index is 442. The monoisotopic (exact) mass is 341 g/mol. The summed E-state index contributed by atoms with van der Waals surface area (Å²) in [6.45, 7) is 4.80. The van der Waals surface area contributed by atoms with Crippen LogP contribution in [0.3, 0.4) is 0 Å². The first-order chi connectivity index (χ1) is 9.19. The Kier molecular flexibility index (Phi) is 4.35. The largest absolute Gasteiger partial charge is 0.307 e. The number of halogens is 1. The van der Waals surface area contributed by atoms with Crippen LogP contribution in [0.1, 0.15) is 62.4 Å². The van der Waals surface area contributed by atoms with Crippen LogP contribution in [0, 0.1) is 11.8 Å². The summed E-state index contributed by atoms with van der Waals surface area (Å²) in [5.74, 6) is 1.78. The van der Waals surface area contributed by atoms with Crippen LogP contribution >= 0.6 is 27.3 Å². The molecule has 1 aromatic heterocycles. The van der Waals surface area contributed by atoms with Crippen molar-refractivity contribution in [3.05, 3.63) is 20.3 Å². The molecule has 2 aliphatic rings. The predicted molar refractivity (Wildman–Crippen MR) is 86.8 cm³/mol. The fourth-order valence-electron chi connectivity index (χ4n) is 4.01. The highest BCUT2D eigenvalue weighted by molar-refractivity contribution is 9.11. The van der Waals surface area contributed by atoms with E-state index in [9.17, 15) is 0 Å². The summed E-state index contributed by atoms with van der Waals surface area (Å²) >= 11 is 5.59. The lowest BCUT2D eigenvalue weighted by atomic mass is 9.90. The van der Waals surface area contributed by atoms with Crippen molar-refractivity contribution in [2.24, 2.45) is 11.8 Å². The summed E-state index contributed by atoms with van der Waals surface area (Å²) < 4.78 is 1.30. The summed E-state index contributed by atoms with van der Waals surface area (Å²) in [5.41, 5.74) is 1.58. The van der Waals surface area contributed by atoms with Gasteiger partial charge in [-0.15, -0.1) is 11.3 Å². The Morgan fingerprint density at radius 2 is 2.21 bits per heavy atom. The van der Waals surface area contributed by atoms with Gasteiger partial charge in [-0.25, -0.2) is 0 Å². The normalized spacial score (nSPS) is 34.5. The number of fused-ring (bicyclic) bond motifs is 1. The molecule has 0 bridgehead atoms. The topological polar surface area (TPSA) is 12.0 Å². The number of aryl methyl sites for hydroxylation is 1. The van der Waals surface area contributed by atoms with E-state index in [1.807, 2.05) is 11.3 Å². The third-order valence-electron chi connectivity index (χ3n) is 5.25. The van der Waals surface area contributed by atoms with Crippen LogP contribution in [0.15, 0.2) is 9.85 Å². The highest BCUT2D eigenvalue weighted by atomic mass is 79.9. The van der Waals surface area contributed by atoms with Gasteiger partial charge in [-0.2, -0.15) is 0 Å². The highest BCUT2D eigenvalue weighted by Gasteiger charge is 2.34. The predicted octanol–water partition coefficient (Wildman–Crippen LogP) is 5.30. The van der Waals surface area contributed by atoms with E-state index in [0.717, 1.165) is 17.9 Å². The van der Waals surface area contributed by atoms with Gasteiger partial charge in [-0.3, -0.25) is 0 Å². The zero-order valence-electron chi connectivity index (χ0n) is 11.9. The summed E-state index contributed by atoms with van der Waals surface area (Å²) in [5, 5.41) is 3.99. The van der Waals surface area contributed by atoms with Crippen LogP contribution in [0.2, 0.25) is 0 Å². The molecule has 4 atom stereocenters. The molecule has 1 saturated carbocycles. The maximum absolute atomic E-state index is 3.99. The second-order valence-electron chi connectivity index (χ2n) is 6.25. The van der Waals surface area contributed by atoms with Gasteiger partial charge in [0.1, 0.15) is 0 Å². The van der Waals surface area contributed by atoms with Gasteiger partial charge >= 0.3 is 0 Å². The van der Waals surface area contributed by atoms with Crippen LogP contribution in [0.25, 0.3) is 0 Å². The van der Waals surface area contributed by atoms with Crippen LogP contribution in [-0.2, 0) is 6.42 Å². The van der Waals surface area contributed by atoms with E-state index in [0.29, 0.717) is 6.04 Å². The van der Waals surface area contributed by atoms with Gasteiger partial charge in [0.25, 0.3) is 0 Å². The maximum Gasteiger partial charge on any atom is 0.0704 e. The van der Waals surface area contributed by atoms with Gasteiger partial charge in [0.05, 0.1) is 3.79 Å². The van der Waals surface area contributed by atoms with Gasteiger partial charge in [0.15, 0.2) is 0 Å². The second kappa shape index (κ2) is 5.87. The molecular weight excluding hydrogens is 318 g/mol. The number of nitrogens with one attached hydrogen (secondary N) is 1. The van der Waals surface area contributed by atoms with Crippen LogP contribution in [0.5, 0.6) is 0 Å². The number of hydrogen-bond acceptors (Lipinski definition) is 2. The summed E-state index contributed by atoms with van der Waals surface area (Å²) in [4.78, 5) is 1.60. The van der Waals surface area contributed by atoms with Crippen molar-refractivity contribution < 1.29 is 0 Å². The Labute approximate surface area is 129 Å². The molecule has 0 spiro atoms. The van der Waals surface area contributed by atoms with E-state index in [-0.39, 0.29) is 0 Å². The Hall–Kier alpha value is 0.140. The van der Waals surface area contributed by atoms with Crippen molar-refractivity contribution >= 4 is 27.3 Å². The van der Waals surface area contributed by atoms with Crippen molar-refractivity contribution in [3.63, 3.8) is 0 Å². The van der Waals surface area contributed by atoms with Gasteiger partial charge in [-0.1, -0.05) is 20.3 Å². The minimum Gasteiger partial charge on any atom is -0.307 e. The average Bonchev–Trinajstić information content (AvgIpc) is 2.93. The Balaban J connectivity index is 1.71. The molecule has 3 rings (SSSR count). The van der Waals surface area contributed by atoms with Gasteiger partial charge in [0, 0.05) is 17.0 Å². The molecule has 1 heterocycles. The maximum atomic E-state index is 3.99. The van der Waals surface area contributed by atoms with E-state index in [4.69, 9.17) is 0 Å². The van der Waals surface area contributed by atoms with Crippen molar-refractivity contribution in [3.8, 4) is 0 Å². The fourth-order valence-corrected chi connectivity index (χ4v) is 5.83. The van der Waals surface area contributed by atoms with Crippen molar-refractivity contribution in [1.29, 1.82) is 0 Å². The minimum absolute atomic E-state index is 0.606. The molecule has 106 valence electrons. The third kappa shape index (κ3) is 2.79. The van der Waals surface area contributed by atoms with Crippen molar-refractivity contribution in [1.82, 2.24) is 5.32 Å². The first-order valence-corrected chi connectivity index (χ1v) is 9.34. The lowest BCUT2D eigenvalue weighted by Crippen LogP contribution is -2.36.